The van der Waals surface area contributed by atoms with Gasteiger partial charge in [-0.3, -0.25) is 0 Å². The van der Waals surface area contributed by atoms with E-state index < -0.39 is 0 Å². The van der Waals surface area contributed by atoms with Crippen molar-refractivity contribution >= 4 is 11.1 Å². The van der Waals surface area contributed by atoms with E-state index in [1.54, 1.807) is 0 Å². The monoisotopic (exact) mass is 218 g/mol. The Labute approximate surface area is 95.7 Å². The highest BCUT2D eigenvalue weighted by Crippen LogP contribution is 2.24. The van der Waals surface area contributed by atoms with Crippen LogP contribution in [0.3, 0.4) is 0 Å². The van der Waals surface area contributed by atoms with Gasteiger partial charge < -0.3 is 10.2 Å². The quantitative estimate of drug-likeness (QED) is 0.858. The van der Waals surface area contributed by atoms with E-state index in [9.17, 15) is 0 Å². The molecule has 2 N–H and O–H groups in total. The summed E-state index contributed by atoms with van der Waals surface area (Å²) in [6.07, 6.45) is 2.13. The Morgan fingerprint density at radius 2 is 2.25 bits per heavy atom. The largest absolute Gasteiger partial charge is 0.440 e. The molecule has 0 aliphatic rings. The fourth-order valence-electron chi connectivity index (χ4n) is 1.91. The number of fused-ring (bicyclic) bond motifs is 1. The molecule has 1 unspecified atom stereocenters. The number of nitrogens with two attached hydrogens (primary N) is 1. The molecular formula is C13H18N2O. The standard InChI is InChI=1S/C13H18N2O/c1-3-4-10(8-14)13-15-11-6-5-9(2)7-12(11)16-13/h5-7,10H,3-4,8,14H2,1-2H3. The lowest BCUT2D eigenvalue weighted by molar-refractivity contribution is 0.453. The van der Waals surface area contributed by atoms with E-state index in [-0.39, 0.29) is 5.92 Å². The zero-order valence-electron chi connectivity index (χ0n) is 9.86. The van der Waals surface area contributed by atoms with Crippen molar-refractivity contribution in [3.8, 4) is 0 Å². The third-order valence-corrected chi connectivity index (χ3v) is 2.83. The van der Waals surface area contributed by atoms with Crippen molar-refractivity contribution in [1.29, 1.82) is 0 Å². The van der Waals surface area contributed by atoms with Crippen LogP contribution in [0.2, 0.25) is 0 Å². The first-order chi connectivity index (χ1) is 7.74. The van der Waals surface area contributed by atoms with Gasteiger partial charge >= 0.3 is 0 Å². The van der Waals surface area contributed by atoms with Crippen molar-refractivity contribution in [3.05, 3.63) is 29.7 Å². The maximum Gasteiger partial charge on any atom is 0.199 e. The molecule has 1 heterocycles. The Hall–Kier alpha value is -1.35. The predicted molar refractivity (Wildman–Crippen MR) is 65.4 cm³/mol. The number of hydrogen-bond donors (Lipinski definition) is 1. The number of benzene rings is 1. The van der Waals surface area contributed by atoms with Crippen LogP contribution < -0.4 is 5.73 Å². The van der Waals surface area contributed by atoms with Crippen molar-refractivity contribution in [2.24, 2.45) is 5.73 Å². The van der Waals surface area contributed by atoms with Gasteiger partial charge in [0.15, 0.2) is 11.5 Å². The summed E-state index contributed by atoms with van der Waals surface area (Å²) >= 11 is 0. The van der Waals surface area contributed by atoms with Gasteiger partial charge in [-0.25, -0.2) is 4.98 Å². The Bertz CT molecular complexity index is 476. The molecule has 0 saturated heterocycles. The summed E-state index contributed by atoms with van der Waals surface area (Å²) in [6.45, 7) is 4.79. The van der Waals surface area contributed by atoms with E-state index in [4.69, 9.17) is 10.2 Å². The maximum absolute atomic E-state index is 5.76. The number of rotatable bonds is 4. The lowest BCUT2D eigenvalue weighted by Crippen LogP contribution is -2.12. The molecule has 0 aliphatic heterocycles. The second-order valence-electron chi connectivity index (χ2n) is 4.24. The third kappa shape index (κ3) is 2.09. The van der Waals surface area contributed by atoms with Crippen LogP contribution in [-0.2, 0) is 0 Å². The molecule has 0 amide bonds. The van der Waals surface area contributed by atoms with Gasteiger partial charge in [-0.1, -0.05) is 19.4 Å². The molecule has 0 bridgehead atoms. The van der Waals surface area contributed by atoms with Crippen molar-refractivity contribution in [3.63, 3.8) is 0 Å². The zero-order valence-corrected chi connectivity index (χ0v) is 9.86. The summed E-state index contributed by atoms with van der Waals surface area (Å²) in [5.41, 5.74) is 8.72. The third-order valence-electron chi connectivity index (χ3n) is 2.83. The molecule has 3 nitrogen and oxygen atoms in total. The van der Waals surface area contributed by atoms with E-state index in [1.807, 2.05) is 25.1 Å². The molecule has 0 spiro atoms. The Kier molecular flexibility index (Phi) is 3.25. The molecule has 2 rings (SSSR count). The van der Waals surface area contributed by atoms with Crippen LogP contribution in [0.4, 0.5) is 0 Å². The van der Waals surface area contributed by atoms with Gasteiger partial charge in [0.25, 0.3) is 0 Å². The van der Waals surface area contributed by atoms with E-state index >= 15 is 0 Å². The van der Waals surface area contributed by atoms with Crippen LogP contribution in [0.15, 0.2) is 22.6 Å². The Balaban J connectivity index is 2.37. The number of oxazole rings is 1. The number of aromatic nitrogens is 1. The first-order valence-corrected chi connectivity index (χ1v) is 5.81. The van der Waals surface area contributed by atoms with E-state index in [0.717, 1.165) is 29.8 Å². The molecule has 86 valence electrons. The molecule has 0 saturated carbocycles. The van der Waals surface area contributed by atoms with Crippen LogP contribution in [-0.4, -0.2) is 11.5 Å². The minimum Gasteiger partial charge on any atom is -0.440 e. The van der Waals surface area contributed by atoms with Crippen molar-refractivity contribution in [2.75, 3.05) is 6.54 Å². The molecule has 0 aliphatic carbocycles. The summed E-state index contributed by atoms with van der Waals surface area (Å²) in [5.74, 6) is 1.03. The van der Waals surface area contributed by atoms with E-state index in [1.165, 1.54) is 5.56 Å². The van der Waals surface area contributed by atoms with Gasteiger partial charge in [0.1, 0.15) is 5.52 Å². The second kappa shape index (κ2) is 4.66. The predicted octanol–water partition coefficient (Wildman–Crippen LogP) is 2.98. The normalized spacial score (nSPS) is 13.2. The SMILES string of the molecule is CCCC(CN)c1nc2ccc(C)cc2o1. The molecule has 2 aromatic rings. The van der Waals surface area contributed by atoms with Gasteiger partial charge in [0.05, 0.1) is 0 Å². The smallest absolute Gasteiger partial charge is 0.199 e. The molecule has 0 fully saturated rings. The average molecular weight is 218 g/mol. The summed E-state index contributed by atoms with van der Waals surface area (Å²) in [6, 6.07) is 6.06. The molecule has 1 aromatic heterocycles. The van der Waals surface area contributed by atoms with E-state index in [2.05, 4.69) is 11.9 Å². The number of aryl methyl sites for hydroxylation is 1. The van der Waals surface area contributed by atoms with E-state index in [0.29, 0.717) is 6.54 Å². The van der Waals surface area contributed by atoms with Gasteiger partial charge in [-0.15, -0.1) is 0 Å². The molecule has 0 radical (unpaired) electrons. The number of hydrogen-bond acceptors (Lipinski definition) is 3. The highest BCUT2D eigenvalue weighted by atomic mass is 16.3. The zero-order chi connectivity index (χ0) is 11.5. The fraction of sp³-hybridized carbons (Fsp3) is 0.462. The minimum absolute atomic E-state index is 0.248. The van der Waals surface area contributed by atoms with Gasteiger partial charge in [-0.2, -0.15) is 0 Å². The second-order valence-corrected chi connectivity index (χ2v) is 4.24. The highest BCUT2D eigenvalue weighted by Gasteiger charge is 2.15. The van der Waals surface area contributed by atoms with Crippen molar-refractivity contribution in [2.45, 2.75) is 32.6 Å². The first kappa shape index (κ1) is 11.1. The van der Waals surface area contributed by atoms with Crippen LogP contribution in [0, 0.1) is 6.92 Å². The highest BCUT2D eigenvalue weighted by molar-refractivity contribution is 5.73. The maximum atomic E-state index is 5.76. The molecule has 3 heteroatoms. The van der Waals surface area contributed by atoms with Crippen LogP contribution in [0.5, 0.6) is 0 Å². The lowest BCUT2D eigenvalue weighted by atomic mass is 10.0. The fourth-order valence-corrected chi connectivity index (χ4v) is 1.91. The average Bonchev–Trinajstić information content (AvgIpc) is 2.68. The van der Waals surface area contributed by atoms with Crippen molar-refractivity contribution < 1.29 is 4.42 Å². The molecular weight excluding hydrogens is 200 g/mol. The van der Waals surface area contributed by atoms with Gasteiger partial charge in [0, 0.05) is 12.5 Å². The molecule has 1 atom stereocenters. The van der Waals surface area contributed by atoms with Crippen LogP contribution in [0.25, 0.3) is 11.1 Å². The number of nitrogens with zero attached hydrogens (tertiary/aromatic N) is 1. The summed E-state index contributed by atoms with van der Waals surface area (Å²) in [7, 11) is 0. The first-order valence-electron chi connectivity index (χ1n) is 5.81. The Morgan fingerprint density at radius 1 is 1.44 bits per heavy atom. The topological polar surface area (TPSA) is 52.0 Å². The lowest BCUT2D eigenvalue weighted by Gasteiger charge is -2.07. The van der Waals surface area contributed by atoms with Gasteiger partial charge in [-0.05, 0) is 31.0 Å². The summed E-state index contributed by atoms with van der Waals surface area (Å²) in [5, 5.41) is 0. The Morgan fingerprint density at radius 3 is 2.94 bits per heavy atom. The van der Waals surface area contributed by atoms with Gasteiger partial charge in [0.2, 0.25) is 0 Å². The molecule has 1 aromatic carbocycles. The summed E-state index contributed by atoms with van der Waals surface area (Å²) in [4.78, 5) is 4.50. The van der Waals surface area contributed by atoms with Crippen LogP contribution >= 0.6 is 0 Å². The molecule has 16 heavy (non-hydrogen) atoms. The van der Waals surface area contributed by atoms with Crippen molar-refractivity contribution in [1.82, 2.24) is 4.98 Å². The van der Waals surface area contributed by atoms with Crippen LogP contribution in [0.1, 0.15) is 37.1 Å². The summed E-state index contributed by atoms with van der Waals surface area (Å²) < 4.78 is 5.76. The minimum atomic E-state index is 0.248.